The average Bonchev–Trinajstić information content (AvgIpc) is 2.68. The number of hydroxylamine groups is 2. The van der Waals surface area contributed by atoms with E-state index in [1.165, 1.54) is 0 Å². The van der Waals surface area contributed by atoms with Gasteiger partial charge in [0.1, 0.15) is 6.04 Å². The van der Waals surface area contributed by atoms with Crippen molar-refractivity contribution in [3.63, 3.8) is 0 Å². The lowest BCUT2D eigenvalue weighted by Crippen LogP contribution is -2.47. The second kappa shape index (κ2) is 10.1. The molecule has 0 bridgehead atoms. The summed E-state index contributed by atoms with van der Waals surface area (Å²) in [6.07, 6.45) is 0.607. The molecule has 0 aliphatic heterocycles. The van der Waals surface area contributed by atoms with E-state index in [2.05, 4.69) is 5.32 Å². The first kappa shape index (κ1) is 20.1. The molecule has 0 radical (unpaired) electrons. The largest absolute Gasteiger partial charge is 0.480 e. The molecule has 0 saturated heterocycles. The topological polar surface area (TPSA) is 107 Å². The number of nitrogens with one attached hydrogen (secondary N) is 1. The number of carboxylic acids is 1. The zero-order valence-electron chi connectivity index (χ0n) is 14.7. The molecule has 0 saturated carbocycles. The zero-order valence-corrected chi connectivity index (χ0v) is 14.7. The van der Waals surface area contributed by atoms with Gasteiger partial charge in [0.05, 0.1) is 12.5 Å². The van der Waals surface area contributed by atoms with E-state index in [-0.39, 0.29) is 25.8 Å². The minimum Gasteiger partial charge on any atom is -0.480 e. The van der Waals surface area contributed by atoms with Gasteiger partial charge < -0.3 is 10.4 Å². The van der Waals surface area contributed by atoms with Gasteiger partial charge in [-0.2, -0.15) is 0 Å². The summed E-state index contributed by atoms with van der Waals surface area (Å²) in [5.41, 5.74) is 1.62. The van der Waals surface area contributed by atoms with Crippen LogP contribution < -0.4 is 5.32 Å². The second-order valence-electron chi connectivity index (χ2n) is 6.20. The van der Waals surface area contributed by atoms with Crippen LogP contribution in [0.25, 0.3) is 0 Å². The van der Waals surface area contributed by atoms with E-state index >= 15 is 0 Å². The Balaban J connectivity index is 2.11. The number of carboxylic acid groups (broad SMARTS) is 1. The third kappa shape index (κ3) is 6.56. The van der Waals surface area contributed by atoms with Crippen molar-refractivity contribution in [1.82, 2.24) is 10.4 Å². The van der Waals surface area contributed by atoms with Crippen LogP contribution in [-0.2, 0) is 27.2 Å². The van der Waals surface area contributed by atoms with Gasteiger partial charge in [0, 0.05) is 6.42 Å². The van der Waals surface area contributed by atoms with Gasteiger partial charge in [0.2, 0.25) is 12.3 Å². The molecule has 2 rings (SSSR count). The fourth-order valence-electron chi connectivity index (χ4n) is 2.75. The molecule has 27 heavy (non-hydrogen) atoms. The van der Waals surface area contributed by atoms with Gasteiger partial charge in [-0.05, 0) is 17.5 Å². The molecule has 1 unspecified atom stereocenters. The van der Waals surface area contributed by atoms with Crippen molar-refractivity contribution >= 4 is 18.3 Å². The molecule has 2 atom stereocenters. The Morgan fingerprint density at radius 2 is 1.48 bits per heavy atom. The molecule has 0 aliphatic carbocycles. The summed E-state index contributed by atoms with van der Waals surface area (Å²) in [5, 5.41) is 21.9. The number of aliphatic carboxylic acids is 1. The molecule has 0 aliphatic rings. The van der Waals surface area contributed by atoms with Gasteiger partial charge in [0.15, 0.2) is 0 Å². The monoisotopic (exact) mass is 370 g/mol. The molecule has 0 heterocycles. The Labute approximate surface area is 157 Å². The fourth-order valence-corrected chi connectivity index (χ4v) is 2.75. The van der Waals surface area contributed by atoms with Crippen LogP contribution in [0.4, 0.5) is 0 Å². The van der Waals surface area contributed by atoms with E-state index in [1.54, 1.807) is 24.3 Å². The molecule has 2 aromatic rings. The lowest BCUT2D eigenvalue weighted by Gasteiger charge is -2.22. The summed E-state index contributed by atoms with van der Waals surface area (Å²) in [4.78, 5) is 35.0. The highest BCUT2D eigenvalue weighted by molar-refractivity contribution is 5.85. The molecule has 2 aromatic carbocycles. The third-order valence-corrected chi connectivity index (χ3v) is 4.12. The molecule has 7 heteroatoms. The minimum absolute atomic E-state index is 0.135. The van der Waals surface area contributed by atoms with Crippen LogP contribution >= 0.6 is 0 Å². The summed E-state index contributed by atoms with van der Waals surface area (Å²) < 4.78 is 0. The predicted octanol–water partition coefficient (Wildman–Crippen LogP) is 1.50. The first-order valence-electron chi connectivity index (χ1n) is 8.51. The van der Waals surface area contributed by atoms with Crippen molar-refractivity contribution in [2.75, 3.05) is 6.54 Å². The number of nitrogens with zero attached hydrogens (tertiary/aromatic N) is 1. The molecule has 142 valence electrons. The third-order valence-electron chi connectivity index (χ3n) is 4.12. The van der Waals surface area contributed by atoms with Crippen molar-refractivity contribution in [2.24, 2.45) is 5.92 Å². The van der Waals surface area contributed by atoms with Crippen LogP contribution in [0.3, 0.4) is 0 Å². The molecular weight excluding hydrogens is 348 g/mol. The molecule has 0 fully saturated rings. The van der Waals surface area contributed by atoms with Gasteiger partial charge in [-0.15, -0.1) is 0 Å². The fraction of sp³-hybridized carbons (Fsp3) is 0.250. The highest BCUT2D eigenvalue weighted by atomic mass is 16.5. The number of rotatable bonds is 10. The van der Waals surface area contributed by atoms with E-state index in [0.29, 0.717) is 5.06 Å². The summed E-state index contributed by atoms with van der Waals surface area (Å²) in [6.45, 7) is -0.234. The Kier molecular flexibility index (Phi) is 7.51. The lowest BCUT2D eigenvalue weighted by atomic mass is 9.97. The zero-order chi connectivity index (χ0) is 19.6. The lowest BCUT2D eigenvalue weighted by molar-refractivity contribution is -0.155. The standard InChI is InChI=1S/C20H22N2O5/c23-14-22(27)13-17(11-15-7-3-1-4-8-15)19(24)21-18(20(25)26)12-16-9-5-2-6-10-16/h1-10,14,17-18,27H,11-13H2,(H,21,24)(H,25,26)/t17?,18-/m0/s1. The van der Waals surface area contributed by atoms with Crippen molar-refractivity contribution in [3.05, 3.63) is 71.8 Å². The van der Waals surface area contributed by atoms with Crippen LogP contribution in [0.1, 0.15) is 11.1 Å². The van der Waals surface area contributed by atoms with E-state index in [4.69, 9.17) is 0 Å². The number of carbonyl (C=O) groups is 3. The van der Waals surface area contributed by atoms with Crippen molar-refractivity contribution in [1.29, 1.82) is 0 Å². The van der Waals surface area contributed by atoms with Gasteiger partial charge in [0.25, 0.3) is 0 Å². The van der Waals surface area contributed by atoms with Crippen molar-refractivity contribution < 1.29 is 24.7 Å². The Morgan fingerprint density at radius 3 is 1.96 bits per heavy atom. The maximum Gasteiger partial charge on any atom is 0.326 e. The number of hydrogen-bond acceptors (Lipinski definition) is 4. The van der Waals surface area contributed by atoms with Gasteiger partial charge >= 0.3 is 5.97 Å². The molecule has 0 aromatic heterocycles. The summed E-state index contributed by atoms with van der Waals surface area (Å²) in [5.74, 6) is -2.48. The van der Waals surface area contributed by atoms with Gasteiger partial charge in [-0.3, -0.25) is 14.8 Å². The van der Waals surface area contributed by atoms with E-state index in [0.717, 1.165) is 11.1 Å². The van der Waals surface area contributed by atoms with E-state index in [1.807, 2.05) is 36.4 Å². The highest BCUT2D eigenvalue weighted by Gasteiger charge is 2.27. The predicted molar refractivity (Wildman–Crippen MR) is 97.9 cm³/mol. The average molecular weight is 370 g/mol. The smallest absolute Gasteiger partial charge is 0.326 e. The van der Waals surface area contributed by atoms with Crippen LogP contribution in [0.15, 0.2) is 60.7 Å². The first-order valence-corrected chi connectivity index (χ1v) is 8.51. The van der Waals surface area contributed by atoms with Crippen LogP contribution in [0.5, 0.6) is 0 Å². The number of amides is 2. The maximum atomic E-state index is 12.7. The van der Waals surface area contributed by atoms with Crippen LogP contribution in [-0.4, -0.2) is 46.3 Å². The number of benzene rings is 2. The highest BCUT2D eigenvalue weighted by Crippen LogP contribution is 2.12. The molecular formula is C20H22N2O5. The first-order chi connectivity index (χ1) is 13.0. The Morgan fingerprint density at radius 1 is 0.963 bits per heavy atom. The van der Waals surface area contributed by atoms with Crippen LogP contribution in [0, 0.1) is 5.92 Å². The molecule has 3 N–H and O–H groups in total. The molecule has 2 amide bonds. The Bertz CT molecular complexity index is 751. The molecule has 0 spiro atoms. The second-order valence-corrected chi connectivity index (χ2v) is 6.20. The van der Waals surface area contributed by atoms with Crippen molar-refractivity contribution in [3.8, 4) is 0 Å². The quantitative estimate of drug-likeness (QED) is 0.334. The SMILES string of the molecule is O=CN(O)CC(Cc1ccccc1)C(=O)N[C@@H](Cc1ccccc1)C(=O)O. The van der Waals surface area contributed by atoms with Crippen molar-refractivity contribution in [2.45, 2.75) is 18.9 Å². The van der Waals surface area contributed by atoms with E-state index < -0.39 is 23.8 Å². The van der Waals surface area contributed by atoms with Gasteiger partial charge in [-0.25, -0.2) is 9.86 Å². The minimum atomic E-state index is -1.15. The molecule has 7 nitrogen and oxygen atoms in total. The Hall–Kier alpha value is -3.19. The number of carbonyl (C=O) groups excluding carboxylic acids is 2. The normalized spacial score (nSPS) is 12.6. The summed E-state index contributed by atoms with van der Waals surface area (Å²) >= 11 is 0. The summed E-state index contributed by atoms with van der Waals surface area (Å²) in [7, 11) is 0. The van der Waals surface area contributed by atoms with E-state index in [9.17, 15) is 24.7 Å². The number of hydrogen-bond donors (Lipinski definition) is 3. The van der Waals surface area contributed by atoms with Gasteiger partial charge in [-0.1, -0.05) is 60.7 Å². The maximum absolute atomic E-state index is 12.7. The summed E-state index contributed by atoms with van der Waals surface area (Å²) in [6, 6.07) is 17.0. The van der Waals surface area contributed by atoms with Crippen LogP contribution in [0.2, 0.25) is 0 Å².